The molecule has 34 heavy (non-hydrogen) atoms. The van der Waals surface area contributed by atoms with Crippen LogP contribution in [0.1, 0.15) is 21.5 Å². The van der Waals surface area contributed by atoms with Gasteiger partial charge in [-0.3, -0.25) is 4.79 Å². The molecule has 0 saturated carbocycles. The fourth-order valence-corrected chi connectivity index (χ4v) is 3.70. The minimum absolute atomic E-state index is 0.248. The number of hydrogen-bond acceptors (Lipinski definition) is 4. The number of nitrogens with one attached hydrogen (secondary N) is 3. The maximum absolute atomic E-state index is 13.5. The van der Waals surface area contributed by atoms with Crippen LogP contribution < -0.4 is 20.9 Å². The molecule has 1 fully saturated rings. The Morgan fingerprint density at radius 1 is 0.971 bits per heavy atom. The van der Waals surface area contributed by atoms with E-state index in [1.807, 2.05) is 37.3 Å². The zero-order valence-corrected chi connectivity index (χ0v) is 18.9. The Bertz CT molecular complexity index is 1160. The highest BCUT2D eigenvalue weighted by atomic mass is 19.1. The minimum atomic E-state index is -0.530. The van der Waals surface area contributed by atoms with Gasteiger partial charge in [-0.1, -0.05) is 35.9 Å². The van der Waals surface area contributed by atoms with Crippen molar-refractivity contribution in [1.29, 1.82) is 0 Å². The lowest BCUT2D eigenvalue weighted by molar-refractivity contribution is 0.0951. The van der Waals surface area contributed by atoms with E-state index in [4.69, 9.17) is 4.74 Å². The maximum atomic E-state index is 13.5. The molecule has 0 bridgehead atoms. The van der Waals surface area contributed by atoms with Gasteiger partial charge in [0.1, 0.15) is 5.82 Å². The highest BCUT2D eigenvalue weighted by Crippen LogP contribution is 2.28. The zero-order valence-electron chi connectivity index (χ0n) is 18.9. The van der Waals surface area contributed by atoms with E-state index >= 15 is 0 Å². The van der Waals surface area contributed by atoms with Crippen LogP contribution in [0.3, 0.4) is 0 Å². The molecule has 3 N–H and O–H groups in total. The number of anilines is 3. The van der Waals surface area contributed by atoms with Crippen LogP contribution in [0.5, 0.6) is 0 Å². The number of ether oxygens (including phenoxy) is 1. The highest BCUT2D eigenvalue weighted by molar-refractivity contribution is 6.04. The molecule has 3 aromatic rings. The fraction of sp³-hybridized carbons (Fsp3) is 0.231. The van der Waals surface area contributed by atoms with E-state index in [0.29, 0.717) is 49.8 Å². The lowest BCUT2D eigenvalue weighted by Gasteiger charge is -2.30. The van der Waals surface area contributed by atoms with Crippen molar-refractivity contribution in [2.24, 2.45) is 0 Å². The molecule has 176 valence electrons. The molecule has 7 nitrogen and oxygen atoms in total. The second kappa shape index (κ2) is 10.8. The minimum Gasteiger partial charge on any atom is -0.378 e. The first-order valence-electron chi connectivity index (χ1n) is 11.1. The van der Waals surface area contributed by atoms with Crippen LogP contribution >= 0.6 is 0 Å². The van der Waals surface area contributed by atoms with E-state index in [9.17, 15) is 14.0 Å². The van der Waals surface area contributed by atoms with Crippen LogP contribution in [0.2, 0.25) is 0 Å². The Balaban J connectivity index is 1.51. The molecule has 0 radical (unpaired) electrons. The van der Waals surface area contributed by atoms with Crippen molar-refractivity contribution < 1.29 is 18.7 Å². The standard InChI is InChI=1S/C26H27FN4O3/c1-18-5-7-19(8-6-18)17-28-25(32)20-9-10-24(31-11-13-34-14-12-31)23(15-20)30-26(33)29-22-4-2-3-21(27)16-22/h2-10,15-16H,11-14,17H2,1H3,(H,28,32)(H2,29,30,33). The normalized spacial score (nSPS) is 13.3. The summed E-state index contributed by atoms with van der Waals surface area (Å²) in [4.78, 5) is 27.6. The first-order chi connectivity index (χ1) is 16.5. The third kappa shape index (κ3) is 6.11. The van der Waals surface area contributed by atoms with Gasteiger partial charge in [0.05, 0.1) is 24.6 Å². The number of benzene rings is 3. The summed E-state index contributed by atoms with van der Waals surface area (Å²) in [5.41, 5.74) is 4.17. The molecule has 3 aromatic carbocycles. The number of rotatable bonds is 6. The fourth-order valence-electron chi connectivity index (χ4n) is 3.70. The van der Waals surface area contributed by atoms with Gasteiger partial charge in [-0.25, -0.2) is 9.18 Å². The van der Waals surface area contributed by atoms with E-state index in [1.165, 1.54) is 18.2 Å². The summed E-state index contributed by atoms with van der Waals surface area (Å²) in [6, 6.07) is 18.3. The number of nitrogens with zero attached hydrogens (tertiary/aromatic N) is 1. The molecule has 0 aliphatic carbocycles. The molecule has 0 atom stereocenters. The average molecular weight is 463 g/mol. The predicted octanol–water partition coefficient (Wildman–Crippen LogP) is 4.54. The summed E-state index contributed by atoms with van der Waals surface area (Å²) in [7, 11) is 0. The maximum Gasteiger partial charge on any atom is 0.323 e. The van der Waals surface area contributed by atoms with Gasteiger partial charge in [0, 0.05) is 30.9 Å². The predicted molar refractivity (Wildman–Crippen MR) is 131 cm³/mol. The van der Waals surface area contributed by atoms with Crippen molar-refractivity contribution in [2.75, 3.05) is 41.8 Å². The first kappa shape index (κ1) is 23.3. The van der Waals surface area contributed by atoms with Gasteiger partial charge in [0.15, 0.2) is 0 Å². The average Bonchev–Trinajstić information content (AvgIpc) is 2.84. The number of hydrogen-bond donors (Lipinski definition) is 3. The summed E-state index contributed by atoms with van der Waals surface area (Å²) in [6.45, 7) is 4.89. The summed E-state index contributed by atoms with van der Waals surface area (Å²) in [6.07, 6.45) is 0. The molecule has 0 unspecified atom stereocenters. The summed E-state index contributed by atoms with van der Waals surface area (Å²) in [5, 5.41) is 8.36. The molecular weight excluding hydrogens is 435 g/mol. The molecule has 1 aliphatic rings. The zero-order chi connectivity index (χ0) is 23.9. The molecule has 4 rings (SSSR count). The third-order valence-electron chi connectivity index (χ3n) is 5.51. The topological polar surface area (TPSA) is 82.7 Å². The summed E-state index contributed by atoms with van der Waals surface area (Å²) >= 11 is 0. The molecular formula is C26H27FN4O3. The lowest BCUT2D eigenvalue weighted by atomic mass is 10.1. The molecule has 0 spiro atoms. The van der Waals surface area contributed by atoms with Crippen LogP contribution in [0.4, 0.5) is 26.2 Å². The van der Waals surface area contributed by atoms with Gasteiger partial charge in [-0.15, -0.1) is 0 Å². The van der Waals surface area contributed by atoms with E-state index in [2.05, 4.69) is 20.9 Å². The second-order valence-electron chi connectivity index (χ2n) is 8.09. The summed E-state index contributed by atoms with van der Waals surface area (Å²) < 4.78 is 18.9. The van der Waals surface area contributed by atoms with Crippen molar-refractivity contribution in [3.8, 4) is 0 Å². The van der Waals surface area contributed by atoms with Gasteiger partial charge in [0.2, 0.25) is 0 Å². The second-order valence-corrected chi connectivity index (χ2v) is 8.09. The number of carbonyl (C=O) groups excluding carboxylic acids is 2. The Hall–Kier alpha value is -3.91. The number of urea groups is 1. The van der Waals surface area contributed by atoms with Crippen LogP contribution in [0.15, 0.2) is 66.7 Å². The number of amides is 3. The van der Waals surface area contributed by atoms with Gasteiger partial charge in [-0.2, -0.15) is 0 Å². The van der Waals surface area contributed by atoms with E-state index in [-0.39, 0.29) is 5.91 Å². The molecule has 1 heterocycles. The van der Waals surface area contributed by atoms with Crippen molar-refractivity contribution in [3.05, 3.63) is 89.2 Å². The number of morpholine rings is 1. The van der Waals surface area contributed by atoms with Crippen molar-refractivity contribution in [1.82, 2.24) is 5.32 Å². The smallest absolute Gasteiger partial charge is 0.323 e. The Kier molecular flexibility index (Phi) is 7.39. The van der Waals surface area contributed by atoms with Crippen molar-refractivity contribution >= 4 is 29.0 Å². The molecule has 3 amide bonds. The van der Waals surface area contributed by atoms with Crippen LogP contribution in [0, 0.1) is 12.7 Å². The van der Waals surface area contributed by atoms with Crippen LogP contribution in [-0.2, 0) is 11.3 Å². The SMILES string of the molecule is Cc1ccc(CNC(=O)c2ccc(N3CCOCC3)c(NC(=O)Nc3cccc(F)c3)c2)cc1. The highest BCUT2D eigenvalue weighted by Gasteiger charge is 2.18. The van der Waals surface area contributed by atoms with Gasteiger partial charge in [0.25, 0.3) is 5.91 Å². The lowest BCUT2D eigenvalue weighted by Crippen LogP contribution is -2.37. The Morgan fingerprint density at radius 3 is 2.47 bits per heavy atom. The van der Waals surface area contributed by atoms with E-state index < -0.39 is 11.8 Å². The van der Waals surface area contributed by atoms with Crippen LogP contribution in [-0.4, -0.2) is 38.2 Å². The largest absolute Gasteiger partial charge is 0.378 e. The first-order valence-corrected chi connectivity index (χ1v) is 11.1. The molecule has 0 aromatic heterocycles. The van der Waals surface area contributed by atoms with Gasteiger partial charge in [-0.05, 0) is 48.9 Å². The van der Waals surface area contributed by atoms with Gasteiger partial charge < -0.3 is 25.6 Å². The quantitative estimate of drug-likeness (QED) is 0.502. The monoisotopic (exact) mass is 462 g/mol. The van der Waals surface area contributed by atoms with Crippen molar-refractivity contribution in [3.63, 3.8) is 0 Å². The summed E-state index contributed by atoms with van der Waals surface area (Å²) in [5.74, 6) is -0.693. The molecule has 1 aliphatic heterocycles. The molecule has 8 heteroatoms. The Labute approximate surface area is 197 Å². The van der Waals surface area contributed by atoms with Gasteiger partial charge >= 0.3 is 6.03 Å². The molecule has 1 saturated heterocycles. The van der Waals surface area contributed by atoms with Crippen LogP contribution in [0.25, 0.3) is 0 Å². The number of halogens is 1. The number of carbonyl (C=O) groups is 2. The van der Waals surface area contributed by atoms with Crippen molar-refractivity contribution in [2.45, 2.75) is 13.5 Å². The van der Waals surface area contributed by atoms with E-state index in [0.717, 1.165) is 16.8 Å². The Morgan fingerprint density at radius 2 is 1.74 bits per heavy atom. The third-order valence-corrected chi connectivity index (χ3v) is 5.51. The van der Waals surface area contributed by atoms with E-state index in [1.54, 1.807) is 18.2 Å². The number of aryl methyl sites for hydroxylation is 1.